The van der Waals surface area contributed by atoms with Gasteiger partial charge in [-0.3, -0.25) is 4.98 Å². The molecular weight excluding hydrogens is 513 g/mol. The number of carbonyl (C=O) groups excluding carboxylic acids is 1. The van der Waals surface area contributed by atoms with Crippen LogP contribution < -0.4 is 9.64 Å². The molecule has 2 aromatic carbocycles. The molecule has 1 aliphatic heterocycles. The van der Waals surface area contributed by atoms with Crippen LogP contribution in [0.4, 0.5) is 15.0 Å². The molecule has 0 N–H and O–H groups in total. The van der Waals surface area contributed by atoms with Crippen molar-refractivity contribution in [3.05, 3.63) is 54.2 Å². The molecule has 5 rings (SSSR count). The number of hydrogen-bond acceptors (Lipinski definition) is 8. The molecular formula is C30H30FN5O4. The Hall–Kier alpha value is -4.49. The normalized spacial score (nSPS) is 13.9. The first-order valence-electron chi connectivity index (χ1n) is 12.9. The summed E-state index contributed by atoms with van der Waals surface area (Å²) in [6.45, 7) is 7.45. The van der Waals surface area contributed by atoms with E-state index in [4.69, 9.17) is 20.6 Å². The van der Waals surface area contributed by atoms with Crippen molar-refractivity contribution < 1.29 is 23.4 Å². The van der Waals surface area contributed by atoms with Crippen LogP contribution in [0.1, 0.15) is 26.3 Å². The highest BCUT2D eigenvalue weighted by molar-refractivity contribution is 6.02. The molecule has 1 aliphatic rings. The van der Waals surface area contributed by atoms with Gasteiger partial charge in [0.2, 0.25) is 0 Å². The molecule has 1 amide bonds. The van der Waals surface area contributed by atoms with Crippen molar-refractivity contribution in [1.82, 2.24) is 19.9 Å². The average molecular weight is 544 g/mol. The van der Waals surface area contributed by atoms with Gasteiger partial charge in [-0.15, -0.1) is 6.42 Å². The fourth-order valence-corrected chi connectivity index (χ4v) is 4.76. The summed E-state index contributed by atoms with van der Waals surface area (Å²) >= 11 is 0. The molecule has 1 saturated heterocycles. The lowest BCUT2D eigenvalue weighted by Gasteiger charge is -2.36. The number of benzene rings is 2. The van der Waals surface area contributed by atoms with E-state index in [1.807, 2.05) is 43.9 Å². The lowest BCUT2D eigenvalue weighted by atomic mass is 9.96. The van der Waals surface area contributed by atoms with E-state index in [-0.39, 0.29) is 24.1 Å². The van der Waals surface area contributed by atoms with E-state index >= 15 is 4.39 Å². The number of aromatic nitrogens is 3. The number of ether oxygens (including phenoxy) is 3. The second kappa shape index (κ2) is 10.9. The maximum Gasteiger partial charge on any atom is 0.410 e. The Bertz CT molecular complexity index is 1620. The van der Waals surface area contributed by atoms with Gasteiger partial charge in [-0.1, -0.05) is 18.1 Å². The van der Waals surface area contributed by atoms with Gasteiger partial charge in [0.05, 0.1) is 5.39 Å². The SMILES string of the molecule is C#Cc1cccc2cc(OCOC)cc(-c3ncc4c(N5CCN(C(=O)OC(C)(C)C)CC5)ncnc4c3F)c12. The van der Waals surface area contributed by atoms with E-state index in [2.05, 4.69) is 20.9 Å². The van der Waals surface area contributed by atoms with E-state index in [1.54, 1.807) is 23.2 Å². The van der Waals surface area contributed by atoms with Crippen LogP contribution in [0, 0.1) is 18.2 Å². The number of amides is 1. The highest BCUT2D eigenvalue weighted by Gasteiger charge is 2.28. The van der Waals surface area contributed by atoms with Crippen LogP contribution in [-0.2, 0) is 9.47 Å². The Morgan fingerprint density at radius 3 is 2.60 bits per heavy atom. The standard InChI is InChI=1S/C30H30FN5O4/c1-6-19-8-7-9-20-14-21(39-18-38-5)15-22(24(19)20)26-25(31)27-23(16-32-26)28(34-17-33-27)35-10-12-36(13-11-35)29(37)40-30(2,3)4/h1,7-9,14-17H,10-13,18H2,2-5H3. The lowest BCUT2D eigenvalue weighted by molar-refractivity contribution is 0.0240. The smallest absolute Gasteiger partial charge is 0.410 e. The molecule has 0 bridgehead atoms. The summed E-state index contributed by atoms with van der Waals surface area (Å²) in [6.07, 6.45) is 8.36. The van der Waals surface area contributed by atoms with Gasteiger partial charge >= 0.3 is 6.09 Å². The Morgan fingerprint density at radius 1 is 1.12 bits per heavy atom. The molecule has 206 valence electrons. The van der Waals surface area contributed by atoms with Crippen LogP contribution in [0.3, 0.4) is 0 Å². The summed E-state index contributed by atoms with van der Waals surface area (Å²) in [4.78, 5) is 29.4. The van der Waals surface area contributed by atoms with E-state index in [0.29, 0.717) is 59.6 Å². The minimum absolute atomic E-state index is 0.0329. The largest absolute Gasteiger partial charge is 0.468 e. The molecule has 3 heterocycles. The van der Waals surface area contributed by atoms with Crippen molar-refractivity contribution in [2.24, 2.45) is 0 Å². The first-order valence-corrected chi connectivity index (χ1v) is 12.9. The molecule has 0 radical (unpaired) electrons. The van der Waals surface area contributed by atoms with Crippen molar-refractivity contribution in [2.75, 3.05) is 45.0 Å². The molecule has 40 heavy (non-hydrogen) atoms. The number of halogens is 1. The van der Waals surface area contributed by atoms with E-state index in [9.17, 15) is 4.79 Å². The van der Waals surface area contributed by atoms with E-state index < -0.39 is 11.4 Å². The van der Waals surface area contributed by atoms with Crippen LogP contribution in [0.2, 0.25) is 0 Å². The number of pyridine rings is 1. The van der Waals surface area contributed by atoms with Gasteiger partial charge in [0.1, 0.15) is 34.7 Å². The molecule has 2 aromatic heterocycles. The van der Waals surface area contributed by atoms with E-state index in [0.717, 1.165) is 5.39 Å². The fourth-order valence-electron chi connectivity index (χ4n) is 4.76. The Kier molecular flexibility index (Phi) is 7.41. The zero-order chi connectivity index (χ0) is 28.4. The summed E-state index contributed by atoms with van der Waals surface area (Å²) in [5.41, 5.74) is 0.766. The zero-order valence-corrected chi connectivity index (χ0v) is 22.9. The quantitative estimate of drug-likeness (QED) is 0.257. The Balaban J connectivity index is 1.52. The van der Waals surface area contributed by atoms with Crippen LogP contribution >= 0.6 is 0 Å². The summed E-state index contributed by atoms with van der Waals surface area (Å²) in [5.74, 6) is 3.14. The topological polar surface area (TPSA) is 89.9 Å². The summed E-state index contributed by atoms with van der Waals surface area (Å²) in [6, 6.07) is 9.06. The van der Waals surface area contributed by atoms with Gasteiger partial charge in [0.15, 0.2) is 12.6 Å². The van der Waals surface area contributed by atoms with Crippen molar-refractivity contribution in [1.29, 1.82) is 0 Å². The van der Waals surface area contributed by atoms with Crippen LogP contribution in [0.15, 0.2) is 42.9 Å². The molecule has 0 saturated carbocycles. The van der Waals surface area contributed by atoms with Gasteiger partial charge in [-0.25, -0.2) is 19.2 Å². The molecule has 0 atom stereocenters. The third-order valence-corrected chi connectivity index (χ3v) is 6.54. The van der Waals surface area contributed by atoms with Gasteiger partial charge in [0, 0.05) is 56.0 Å². The minimum Gasteiger partial charge on any atom is -0.468 e. The number of fused-ring (bicyclic) bond motifs is 2. The predicted molar refractivity (Wildman–Crippen MR) is 151 cm³/mol. The predicted octanol–water partition coefficient (Wildman–Crippen LogP) is 5.01. The highest BCUT2D eigenvalue weighted by atomic mass is 19.1. The third kappa shape index (κ3) is 5.33. The van der Waals surface area contributed by atoms with Crippen LogP contribution in [0.25, 0.3) is 32.9 Å². The molecule has 0 unspecified atom stereocenters. The highest BCUT2D eigenvalue weighted by Crippen LogP contribution is 2.37. The summed E-state index contributed by atoms with van der Waals surface area (Å²) in [5, 5.41) is 1.95. The number of carbonyl (C=O) groups is 1. The van der Waals surface area contributed by atoms with Crippen LogP contribution in [-0.4, -0.2) is 71.6 Å². The number of piperazine rings is 1. The number of hydrogen-bond donors (Lipinski definition) is 0. The van der Waals surface area contributed by atoms with Crippen LogP contribution in [0.5, 0.6) is 5.75 Å². The second-order valence-electron chi connectivity index (χ2n) is 10.4. The van der Waals surface area contributed by atoms with Crippen molar-refractivity contribution >= 4 is 33.6 Å². The Labute approximate surface area is 231 Å². The minimum atomic E-state index is -0.592. The number of nitrogens with zero attached hydrogens (tertiary/aromatic N) is 5. The summed E-state index contributed by atoms with van der Waals surface area (Å²) in [7, 11) is 1.53. The van der Waals surface area contributed by atoms with Gasteiger partial charge in [0.25, 0.3) is 0 Å². The van der Waals surface area contributed by atoms with Gasteiger partial charge in [-0.05, 0) is 44.4 Å². The second-order valence-corrected chi connectivity index (χ2v) is 10.4. The lowest BCUT2D eigenvalue weighted by Crippen LogP contribution is -2.50. The molecule has 10 heteroatoms. The number of anilines is 1. The van der Waals surface area contributed by atoms with Gasteiger partial charge in [-0.2, -0.15) is 0 Å². The monoisotopic (exact) mass is 543 g/mol. The first-order chi connectivity index (χ1) is 19.2. The van der Waals surface area contributed by atoms with E-state index in [1.165, 1.54) is 13.4 Å². The maximum absolute atomic E-state index is 16.2. The fraction of sp³-hybridized carbons (Fsp3) is 0.333. The van der Waals surface area contributed by atoms with Gasteiger partial charge < -0.3 is 24.0 Å². The molecule has 4 aromatic rings. The number of rotatable bonds is 5. The molecule has 9 nitrogen and oxygen atoms in total. The maximum atomic E-state index is 16.2. The summed E-state index contributed by atoms with van der Waals surface area (Å²) < 4.78 is 32.4. The first kappa shape index (κ1) is 27.1. The van der Waals surface area contributed by atoms with Crippen molar-refractivity contribution in [2.45, 2.75) is 26.4 Å². The average Bonchev–Trinajstić information content (AvgIpc) is 2.94. The molecule has 0 spiro atoms. The third-order valence-electron chi connectivity index (χ3n) is 6.54. The number of terminal acetylenes is 1. The van der Waals surface area contributed by atoms with Crippen molar-refractivity contribution in [3.8, 4) is 29.4 Å². The number of methoxy groups -OCH3 is 1. The van der Waals surface area contributed by atoms with Crippen molar-refractivity contribution in [3.63, 3.8) is 0 Å². The molecule has 1 fully saturated rings. The molecule has 0 aliphatic carbocycles. The zero-order valence-electron chi connectivity index (χ0n) is 22.9. The Morgan fingerprint density at radius 2 is 1.90 bits per heavy atom.